The van der Waals surface area contributed by atoms with E-state index < -0.39 is 5.60 Å². The number of carbonyl (C=O) groups excluding carboxylic acids is 2. The van der Waals surface area contributed by atoms with Crippen LogP contribution < -0.4 is 9.47 Å². The van der Waals surface area contributed by atoms with E-state index in [1.165, 1.54) is 6.08 Å². The Hall–Kier alpha value is -3.14. The molecule has 0 spiro atoms. The van der Waals surface area contributed by atoms with Gasteiger partial charge in [0.05, 0.1) is 11.7 Å². The van der Waals surface area contributed by atoms with Gasteiger partial charge in [0.2, 0.25) is 0 Å². The molecule has 0 radical (unpaired) electrons. The summed E-state index contributed by atoms with van der Waals surface area (Å²) in [4.78, 5) is 24.2. The molecule has 4 heteroatoms. The van der Waals surface area contributed by atoms with E-state index in [1.54, 1.807) is 12.2 Å². The number of rotatable bonds is 8. The quantitative estimate of drug-likeness (QED) is 0.257. The molecule has 29 heavy (non-hydrogen) atoms. The van der Waals surface area contributed by atoms with Gasteiger partial charge in [-0.1, -0.05) is 36.4 Å². The molecule has 0 aliphatic heterocycles. The number of para-hydroxylation sites is 2. The monoisotopic (exact) mass is 392 g/mol. The number of ether oxygens (including phenoxy) is 2. The Balaban J connectivity index is 2.29. The molecule has 0 heterocycles. The third kappa shape index (κ3) is 7.07. The van der Waals surface area contributed by atoms with Crippen LogP contribution in [0.5, 0.6) is 11.5 Å². The van der Waals surface area contributed by atoms with Crippen LogP contribution in [0.1, 0.15) is 45.7 Å². The summed E-state index contributed by atoms with van der Waals surface area (Å²) in [7, 11) is 0. The van der Waals surface area contributed by atoms with Crippen molar-refractivity contribution in [2.75, 3.05) is 0 Å². The first-order chi connectivity index (χ1) is 13.7. The average molecular weight is 392 g/mol. The lowest BCUT2D eigenvalue weighted by atomic mass is 10.1. The lowest BCUT2D eigenvalue weighted by molar-refractivity contribution is -0.113. The molecule has 152 valence electrons. The molecule has 0 saturated heterocycles. The van der Waals surface area contributed by atoms with Crippen LogP contribution in [0.3, 0.4) is 0 Å². The van der Waals surface area contributed by atoms with E-state index in [1.807, 2.05) is 83.1 Å². The molecule has 0 fully saturated rings. The van der Waals surface area contributed by atoms with Gasteiger partial charge in [-0.25, -0.2) is 0 Å². The van der Waals surface area contributed by atoms with Crippen molar-refractivity contribution in [1.29, 1.82) is 0 Å². The van der Waals surface area contributed by atoms with E-state index in [9.17, 15) is 9.59 Å². The van der Waals surface area contributed by atoms with E-state index in [2.05, 4.69) is 0 Å². The second-order valence-corrected chi connectivity index (χ2v) is 7.87. The summed E-state index contributed by atoms with van der Waals surface area (Å²) in [5.74, 6) is 0.920. The first kappa shape index (κ1) is 22.2. The van der Waals surface area contributed by atoms with Gasteiger partial charge in [-0.2, -0.15) is 0 Å². The Kier molecular flexibility index (Phi) is 7.54. The van der Waals surface area contributed by atoms with Crippen LogP contribution >= 0.6 is 0 Å². The van der Waals surface area contributed by atoms with Crippen LogP contribution in [-0.2, 0) is 9.59 Å². The van der Waals surface area contributed by atoms with Crippen molar-refractivity contribution < 1.29 is 19.1 Å². The van der Waals surface area contributed by atoms with Crippen molar-refractivity contribution in [2.45, 2.75) is 46.3 Å². The molecular weight excluding hydrogens is 364 g/mol. The van der Waals surface area contributed by atoms with Crippen LogP contribution in [-0.4, -0.2) is 23.8 Å². The van der Waals surface area contributed by atoms with Gasteiger partial charge in [0, 0.05) is 11.1 Å². The molecule has 0 amide bonds. The molecule has 0 aliphatic rings. The molecule has 4 nitrogen and oxygen atoms in total. The maximum atomic E-state index is 12.6. The van der Waals surface area contributed by atoms with E-state index >= 15 is 0 Å². The molecule has 2 aromatic carbocycles. The third-order valence-corrected chi connectivity index (χ3v) is 3.75. The van der Waals surface area contributed by atoms with Crippen molar-refractivity contribution in [2.24, 2.45) is 0 Å². The molecule has 0 saturated carbocycles. The Bertz CT molecular complexity index is 914. The summed E-state index contributed by atoms with van der Waals surface area (Å²) in [6, 6.07) is 14.8. The van der Waals surface area contributed by atoms with E-state index in [4.69, 9.17) is 9.47 Å². The molecule has 2 rings (SSSR count). The van der Waals surface area contributed by atoms with Crippen molar-refractivity contribution in [3.05, 3.63) is 71.3 Å². The molecule has 2 aromatic rings. The van der Waals surface area contributed by atoms with Crippen LogP contribution in [0.2, 0.25) is 0 Å². The summed E-state index contributed by atoms with van der Waals surface area (Å²) in [5, 5.41) is 0. The van der Waals surface area contributed by atoms with Crippen molar-refractivity contribution in [3.8, 4) is 11.5 Å². The number of benzene rings is 2. The fourth-order valence-corrected chi connectivity index (χ4v) is 2.59. The maximum absolute atomic E-state index is 12.6. The third-order valence-electron chi connectivity index (χ3n) is 3.75. The van der Waals surface area contributed by atoms with Crippen molar-refractivity contribution in [3.63, 3.8) is 0 Å². The highest BCUT2D eigenvalue weighted by Gasteiger charge is 2.15. The summed E-state index contributed by atoms with van der Waals surface area (Å²) in [5.41, 5.74) is 1.11. The smallest absolute Gasteiger partial charge is 0.189 e. The number of hydrogen-bond acceptors (Lipinski definition) is 4. The number of carbonyl (C=O) groups is 2. The van der Waals surface area contributed by atoms with Gasteiger partial charge in [-0.3, -0.25) is 9.59 Å². The van der Waals surface area contributed by atoms with Crippen LogP contribution in [0, 0.1) is 0 Å². The standard InChI is InChI=1S/C25H28O4/c1-18(2)28-23-12-8-6-10-19(23)14-15-22(27)21(17-26)16-20-11-7-9-13-24(20)29-25(3,4)5/h6-18H,1-5H3. The molecule has 0 aromatic heterocycles. The first-order valence-corrected chi connectivity index (χ1v) is 9.62. The highest BCUT2D eigenvalue weighted by molar-refractivity contribution is 6.21. The topological polar surface area (TPSA) is 52.6 Å². The molecule has 0 atom stereocenters. The zero-order valence-corrected chi connectivity index (χ0v) is 17.6. The second-order valence-electron chi connectivity index (χ2n) is 7.87. The Labute approximate surface area is 172 Å². The van der Waals surface area contributed by atoms with E-state index in [-0.39, 0.29) is 17.5 Å². The second kappa shape index (κ2) is 9.87. The zero-order valence-electron chi connectivity index (χ0n) is 17.6. The molecule has 0 bridgehead atoms. The van der Waals surface area contributed by atoms with Crippen LogP contribution in [0.25, 0.3) is 12.2 Å². The van der Waals surface area contributed by atoms with Crippen LogP contribution in [0.15, 0.2) is 60.2 Å². The zero-order chi connectivity index (χ0) is 21.4. The number of ketones is 1. The number of aldehydes is 1. The van der Waals surface area contributed by atoms with Gasteiger partial charge < -0.3 is 9.47 Å². The van der Waals surface area contributed by atoms with E-state index in [0.717, 1.165) is 5.56 Å². The minimum atomic E-state index is -0.394. The Morgan fingerprint density at radius 3 is 2.10 bits per heavy atom. The predicted molar refractivity (Wildman–Crippen MR) is 117 cm³/mol. The van der Waals surface area contributed by atoms with Gasteiger partial charge in [0.25, 0.3) is 0 Å². The van der Waals surface area contributed by atoms with Crippen LogP contribution in [0.4, 0.5) is 0 Å². The lowest BCUT2D eigenvalue weighted by Crippen LogP contribution is -2.23. The normalized spacial score (nSPS) is 12.3. The Morgan fingerprint density at radius 2 is 1.52 bits per heavy atom. The van der Waals surface area contributed by atoms with Gasteiger partial charge in [-0.15, -0.1) is 0 Å². The fraction of sp³-hybridized carbons (Fsp3) is 0.280. The highest BCUT2D eigenvalue weighted by Crippen LogP contribution is 2.25. The van der Waals surface area contributed by atoms with E-state index in [0.29, 0.717) is 23.3 Å². The number of allylic oxidation sites excluding steroid dienone is 2. The molecule has 0 unspecified atom stereocenters. The van der Waals surface area contributed by atoms with Crippen molar-refractivity contribution in [1.82, 2.24) is 0 Å². The number of hydrogen-bond donors (Lipinski definition) is 0. The van der Waals surface area contributed by atoms with Gasteiger partial charge in [0.15, 0.2) is 12.1 Å². The molecule has 0 N–H and O–H groups in total. The summed E-state index contributed by atoms with van der Waals surface area (Å²) in [6.07, 6.45) is 5.18. The van der Waals surface area contributed by atoms with Gasteiger partial charge in [-0.05, 0) is 65.0 Å². The summed E-state index contributed by atoms with van der Waals surface area (Å²) < 4.78 is 11.7. The molecular formula is C25H28O4. The highest BCUT2D eigenvalue weighted by atomic mass is 16.5. The SMILES string of the molecule is CC(C)Oc1ccccc1C=CC(=O)C(C=O)=Cc1ccccc1OC(C)(C)C. The Morgan fingerprint density at radius 1 is 0.931 bits per heavy atom. The van der Waals surface area contributed by atoms with Gasteiger partial charge >= 0.3 is 0 Å². The summed E-state index contributed by atoms with van der Waals surface area (Å²) >= 11 is 0. The maximum Gasteiger partial charge on any atom is 0.189 e. The lowest BCUT2D eigenvalue weighted by Gasteiger charge is -2.22. The minimum absolute atomic E-state index is 0.0185. The first-order valence-electron chi connectivity index (χ1n) is 9.62. The average Bonchev–Trinajstić information content (AvgIpc) is 2.64. The van der Waals surface area contributed by atoms with Gasteiger partial charge in [0.1, 0.15) is 17.1 Å². The fourth-order valence-electron chi connectivity index (χ4n) is 2.59. The summed E-state index contributed by atoms with van der Waals surface area (Å²) in [6.45, 7) is 9.71. The predicted octanol–water partition coefficient (Wildman–Crippen LogP) is 5.52. The van der Waals surface area contributed by atoms with Crippen molar-refractivity contribution >= 4 is 24.2 Å². The largest absolute Gasteiger partial charge is 0.490 e. The minimum Gasteiger partial charge on any atom is -0.490 e. The molecule has 0 aliphatic carbocycles.